The van der Waals surface area contributed by atoms with E-state index < -0.39 is 6.10 Å². The number of aliphatic hydroxyl groups excluding tert-OH is 1. The van der Waals surface area contributed by atoms with Gasteiger partial charge in [-0.3, -0.25) is 4.79 Å². The smallest absolute Gasteiger partial charge is 0.258 e. The molecule has 1 amide bonds. The summed E-state index contributed by atoms with van der Waals surface area (Å²) in [4.78, 5) is 11.4. The van der Waals surface area contributed by atoms with Crippen LogP contribution >= 0.6 is 0 Å². The zero-order valence-corrected chi connectivity index (χ0v) is 11.2. The van der Waals surface area contributed by atoms with Gasteiger partial charge in [0.2, 0.25) is 0 Å². The van der Waals surface area contributed by atoms with E-state index >= 15 is 0 Å². The third-order valence-electron chi connectivity index (χ3n) is 2.47. The number of hydrogen-bond acceptors (Lipinski definition) is 4. The highest BCUT2D eigenvalue weighted by Gasteiger charge is 2.10. The van der Waals surface area contributed by atoms with Crippen LogP contribution in [0, 0.1) is 0 Å². The zero-order valence-electron chi connectivity index (χ0n) is 11.2. The first kappa shape index (κ1) is 15.0. The topological polar surface area (TPSA) is 67.8 Å². The molecule has 1 rings (SSSR count). The number of aliphatic hydroxyl groups is 1. The molecule has 0 fully saturated rings. The number of hydrogen-bond donors (Lipinski definition) is 2. The number of amides is 1. The molecule has 0 radical (unpaired) electrons. The molecule has 1 aromatic carbocycles. The van der Waals surface area contributed by atoms with Gasteiger partial charge in [0.25, 0.3) is 5.91 Å². The number of benzene rings is 1. The lowest BCUT2D eigenvalue weighted by Gasteiger charge is -2.13. The molecule has 5 nitrogen and oxygen atoms in total. The lowest BCUT2D eigenvalue weighted by molar-refractivity contribution is -0.122. The van der Waals surface area contributed by atoms with Gasteiger partial charge in [0.1, 0.15) is 0 Å². The Bertz CT molecular complexity index is 443. The van der Waals surface area contributed by atoms with E-state index in [0.29, 0.717) is 18.0 Å². The Morgan fingerprint density at radius 1 is 1.53 bits per heavy atom. The Labute approximate surface area is 112 Å². The van der Waals surface area contributed by atoms with E-state index in [2.05, 4.69) is 11.9 Å². The standard InChI is InChI=1S/C14H19NO4/c1-4-7-15-14(17)9-19-12-6-5-11(10(2)16)8-13(12)18-3/h4-6,8,10,16H,1,7,9H2,2-3H3,(H,15,17)/t10-/m1/s1. The van der Waals surface area contributed by atoms with E-state index in [1.54, 1.807) is 31.2 Å². The fraction of sp³-hybridized carbons (Fsp3) is 0.357. The van der Waals surface area contributed by atoms with Crippen LogP contribution in [0.25, 0.3) is 0 Å². The molecule has 19 heavy (non-hydrogen) atoms. The first-order valence-corrected chi connectivity index (χ1v) is 5.95. The molecule has 0 saturated heterocycles. The number of rotatable bonds is 7. The second-order valence-corrected chi connectivity index (χ2v) is 3.97. The maximum atomic E-state index is 11.4. The molecule has 0 saturated carbocycles. The van der Waals surface area contributed by atoms with Crippen LogP contribution in [0.5, 0.6) is 11.5 Å². The molecule has 0 spiro atoms. The summed E-state index contributed by atoms with van der Waals surface area (Å²) in [5.74, 6) is 0.706. The normalized spacial score (nSPS) is 11.5. The van der Waals surface area contributed by atoms with Crippen molar-refractivity contribution in [2.24, 2.45) is 0 Å². The molecule has 0 bridgehead atoms. The number of ether oxygens (including phenoxy) is 2. The van der Waals surface area contributed by atoms with E-state index in [9.17, 15) is 9.90 Å². The zero-order chi connectivity index (χ0) is 14.3. The van der Waals surface area contributed by atoms with Gasteiger partial charge in [-0.1, -0.05) is 12.1 Å². The molecular weight excluding hydrogens is 246 g/mol. The average Bonchev–Trinajstić information content (AvgIpc) is 2.42. The van der Waals surface area contributed by atoms with Crippen LogP contribution in [0.1, 0.15) is 18.6 Å². The third kappa shape index (κ3) is 4.63. The monoisotopic (exact) mass is 265 g/mol. The van der Waals surface area contributed by atoms with Gasteiger partial charge >= 0.3 is 0 Å². The predicted octanol–water partition coefficient (Wildman–Crippen LogP) is 1.43. The molecule has 0 aliphatic rings. The van der Waals surface area contributed by atoms with Crippen LogP contribution in [0.4, 0.5) is 0 Å². The predicted molar refractivity (Wildman–Crippen MR) is 72.3 cm³/mol. The van der Waals surface area contributed by atoms with Gasteiger partial charge in [-0.2, -0.15) is 0 Å². The van der Waals surface area contributed by atoms with Crippen molar-refractivity contribution in [3.8, 4) is 11.5 Å². The van der Waals surface area contributed by atoms with Crippen molar-refractivity contribution in [2.75, 3.05) is 20.3 Å². The Morgan fingerprint density at radius 2 is 2.26 bits per heavy atom. The molecule has 0 aliphatic heterocycles. The Balaban J connectivity index is 2.67. The third-order valence-corrected chi connectivity index (χ3v) is 2.47. The summed E-state index contributed by atoms with van der Waals surface area (Å²) in [7, 11) is 1.51. The quantitative estimate of drug-likeness (QED) is 0.732. The van der Waals surface area contributed by atoms with Crippen molar-refractivity contribution in [2.45, 2.75) is 13.0 Å². The van der Waals surface area contributed by atoms with Crippen LogP contribution in [0.15, 0.2) is 30.9 Å². The van der Waals surface area contributed by atoms with Crippen molar-refractivity contribution in [1.29, 1.82) is 0 Å². The average molecular weight is 265 g/mol. The summed E-state index contributed by atoms with van der Waals surface area (Å²) in [5, 5.41) is 12.1. The van der Waals surface area contributed by atoms with Crippen molar-refractivity contribution >= 4 is 5.91 Å². The summed E-state index contributed by atoms with van der Waals surface area (Å²) >= 11 is 0. The minimum atomic E-state index is -0.584. The highest BCUT2D eigenvalue weighted by molar-refractivity contribution is 5.77. The van der Waals surface area contributed by atoms with Gasteiger partial charge in [0.15, 0.2) is 18.1 Å². The Kier molecular flexibility index (Phi) is 5.89. The fourth-order valence-electron chi connectivity index (χ4n) is 1.44. The molecular formula is C14H19NO4. The number of carbonyl (C=O) groups is 1. The van der Waals surface area contributed by atoms with E-state index in [4.69, 9.17) is 9.47 Å². The van der Waals surface area contributed by atoms with Crippen molar-refractivity contribution < 1.29 is 19.4 Å². The summed E-state index contributed by atoms with van der Waals surface area (Å²) < 4.78 is 10.5. The molecule has 0 heterocycles. The molecule has 104 valence electrons. The molecule has 0 unspecified atom stereocenters. The molecule has 0 aromatic heterocycles. The number of carbonyl (C=O) groups excluding carboxylic acids is 1. The number of nitrogens with one attached hydrogen (secondary N) is 1. The van der Waals surface area contributed by atoms with E-state index in [0.717, 1.165) is 5.56 Å². The second-order valence-electron chi connectivity index (χ2n) is 3.97. The highest BCUT2D eigenvalue weighted by Crippen LogP contribution is 2.30. The largest absolute Gasteiger partial charge is 0.493 e. The minimum absolute atomic E-state index is 0.0990. The first-order valence-electron chi connectivity index (χ1n) is 5.95. The lowest BCUT2D eigenvalue weighted by atomic mass is 10.1. The van der Waals surface area contributed by atoms with Crippen LogP contribution in [0.2, 0.25) is 0 Å². The first-order chi connectivity index (χ1) is 9.08. The van der Waals surface area contributed by atoms with Crippen LogP contribution in [-0.2, 0) is 4.79 Å². The second kappa shape index (κ2) is 7.43. The van der Waals surface area contributed by atoms with Crippen molar-refractivity contribution in [1.82, 2.24) is 5.32 Å². The summed E-state index contributed by atoms with van der Waals surface area (Å²) in [6, 6.07) is 5.08. The summed E-state index contributed by atoms with van der Waals surface area (Å²) in [5.41, 5.74) is 0.723. The van der Waals surface area contributed by atoms with Crippen LogP contribution in [0.3, 0.4) is 0 Å². The summed E-state index contributed by atoms with van der Waals surface area (Å²) in [6.07, 6.45) is 1.01. The highest BCUT2D eigenvalue weighted by atomic mass is 16.5. The van der Waals surface area contributed by atoms with Gasteiger partial charge in [-0.25, -0.2) is 0 Å². The fourth-order valence-corrected chi connectivity index (χ4v) is 1.44. The maximum Gasteiger partial charge on any atom is 0.258 e. The van der Waals surface area contributed by atoms with Gasteiger partial charge in [-0.15, -0.1) is 6.58 Å². The van der Waals surface area contributed by atoms with E-state index in [1.165, 1.54) is 7.11 Å². The van der Waals surface area contributed by atoms with Crippen molar-refractivity contribution in [3.05, 3.63) is 36.4 Å². The molecule has 2 N–H and O–H groups in total. The molecule has 5 heteroatoms. The molecule has 1 aromatic rings. The van der Waals surface area contributed by atoms with E-state index in [1.807, 2.05) is 0 Å². The van der Waals surface area contributed by atoms with Gasteiger partial charge < -0.3 is 19.9 Å². The Morgan fingerprint density at radius 3 is 2.84 bits per heavy atom. The SMILES string of the molecule is C=CCNC(=O)COc1ccc([C@@H](C)O)cc1OC. The lowest BCUT2D eigenvalue weighted by Crippen LogP contribution is -2.28. The maximum absolute atomic E-state index is 11.4. The minimum Gasteiger partial charge on any atom is -0.493 e. The van der Waals surface area contributed by atoms with Gasteiger partial charge in [0, 0.05) is 6.54 Å². The van der Waals surface area contributed by atoms with Gasteiger partial charge in [0.05, 0.1) is 13.2 Å². The molecule has 1 atom stereocenters. The van der Waals surface area contributed by atoms with Crippen molar-refractivity contribution in [3.63, 3.8) is 0 Å². The number of methoxy groups -OCH3 is 1. The Hall–Kier alpha value is -2.01. The van der Waals surface area contributed by atoms with Crippen LogP contribution in [-0.4, -0.2) is 31.3 Å². The van der Waals surface area contributed by atoms with Crippen LogP contribution < -0.4 is 14.8 Å². The molecule has 0 aliphatic carbocycles. The summed E-state index contributed by atoms with van der Waals surface area (Å²) in [6.45, 7) is 5.47. The van der Waals surface area contributed by atoms with E-state index in [-0.39, 0.29) is 12.5 Å². The van der Waals surface area contributed by atoms with Gasteiger partial charge in [-0.05, 0) is 24.6 Å².